The van der Waals surface area contributed by atoms with Gasteiger partial charge in [-0.15, -0.1) is 0 Å². The number of sulfonamides is 1. The molecule has 102 valence electrons. The van der Waals surface area contributed by atoms with Crippen LogP contribution in [0.3, 0.4) is 0 Å². The third-order valence-electron chi connectivity index (χ3n) is 2.17. The lowest BCUT2D eigenvalue weighted by molar-refractivity contribution is 0.582. The van der Waals surface area contributed by atoms with E-state index in [9.17, 15) is 17.2 Å². The molecule has 0 fully saturated rings. The van der Waals surface area contributed by atoms with Crippen LogP contribution in [-0.2, 0) is 10.0 Å². The summed E-state index contributed by atoms with van der Waals surface area (Å²) in [6.45, 7) is 0. The van der Waals surface area contributed by atoms with Crippen LogP contribution in [0.15, 0.2) is 27.7 Å². The lowest BCUT2D eigenvalue weighted by Gasteiger charge is -2.09. The number of aromatic amines is 1. The van der Waals surface area contributed by atoms with Crippen LogP contribution in [0.1, 0.15) is 0 Å². The second-order valence-corrected chi connectivity index (χ2v) is 6.06. The largest absolute Gasteiger partial charge is 0.383 e. The van der Waals surface area contributed by atoms with Crippen LogP contribution in [-0.4, -0.2) is 18.6 Å². The van der Waals surface area contributed by atoms with Gasteiger partial charge in [0.15, 0.2) is 11.6 Å². The molecule has 2 aromatic rings. The fourth-order valence-electron chi connectivity index (χ4n) is 1.33. The molecule has 6 nitrogen and oxygen atoms in total. The van der Waals surface area contributed by atoms with E-state index in [-0.39, 0.29) is 10.3 Å². The van der Waals surface area contributed by atoms with Crippen molar-refractivity contribution in [1.29, 1.82) is 0 Å². The Balaban J connectivity index is 2.45. The molecule has 1 heterocycles. The van der Waals surface area contributed by atoms with Crippen molar-refractivity contribution in [3.8, 4) is 0 Å². The van der Waals surface area contributed by atoms with Gasteiger partial charge in [-0.25, -0.2) is 17.2 Å². The van der Waals surface area contributed by atoms with E-state index in [0.29, 0.717) is 0 Å². The minimum Gasteiger partial charge on any atom is -0.383 e. The summed E-state index contributed by atoms with van der Waals surface area (Å²) < 4.78 is 52.8. The van der Waals surface area contributed by atoms with Crippen LogP contribution >= 0.6 is 15.9 Å². The first-order chi connectivity index (χ1) is 8.81. The van der Waals surface area contributed by atoms with E-state index in [0.717, 1.165) is 18.3 Å². The van der Waals surface area contributed by atoms with Gasteiger partial charge in [0.1, 0.15) is 16.4 Å². The summed E-state index contributed by atoms with van der Waals surface area (Å²) in [5, 5.41) is 5.64. The zero-order valence-corrected chi connectivity index (χ0v) is 11.5. The lowest BCUT2D eigenvalue weighted by Crippen LogP contribution is -2.16. The number of rotatable bonds is 3. The number of H-pyrrole nitrogens is 1. The molecule has 0 aliphatic carbocycles. The van der Waals surface area contributed by atoms with Gasteiger partial charge in [0.05, 0.1) is 6.20 Å². The van der Waals surface area contributed by atoms with E-state index in [1.165, 1.54) is 0 Å². The Hall–Kier alpha value is -1.68. The lowest BCUT2D eigenvalue weighted by atomic mass is 10.3. The summed E-state index contributed by atoms with van der Waals surface area (Å²) in [4.78, 5) is -0.394. The normalized spacial score (nSPS) is 11.5. The average Bonchev–Trinajstić information content (AvgIpc) is 2.70. The van der Waals surface area contributed by atoms with Gasteiger partial charge in [0.2, 0.25) is 0 Å². The number of aromatic nitrogens is 2. The quantitative estimate of drug-likeness (QED) is 0.784. The maximum atomic E-state index is 13.5. The maximum absolute atomic E-state index is 13.5. The molecule has 2 rings (SSSR count). The van der Waals surface area contributed by atoms with Gasteiger partial charge in [-0.05, 0) is 12.1 Å². The predicted molar refractivity (Wildman–Crippen MR) is 67.9 cm³/mol. The van der Waals surface area contributed by atoms with E-state index >= 15 is 0 Å². The van der Waals surface area contributed by atoms with Crippen molar-refractivity contribution in [3.63, 3.8) is 0 Å². The predicted octanol–water partition coefficient (Wildman–Crippen LogP) is 1.83. The minimum atomic E-state index is -4.22. The summed E-state index contributed by atoms with van der Waals surface area (Å²) >= 11 is 2.88. The first-order valence-corrected chi connectivity index (χ1v) is 7.05. The third-order valence-corrected chi connectivity index (χ3v) is 4.00. The number of halogens is 3. The number of anilines is 2. The number of nitrogens with two attached hydrogens (primary N) is 1. The van der Waals surface area contributed by atoms with Crippen molar-refractivity contribution < 1.29 is 17.2 Å². The van der Waals surface area contributed by atoms with Crippen LogP contribution in [0.25, 0.3) is 0 Å². The molecular weight excluding hydrogens is 346 g/mol. The van der Waals surface area contributed by atoms with Crippen LogP contribution in [0.5, 0.6) is 0 Å². The van der Waals surface area contributed by atoms with Crippen LogP contribution in [0, 0.1) is 11.6 Å². The zero-order chi connectivity index (χ0) is 14.2. The monoisotopic (exact) mass is 352 g/mol. The molecule has 10 heteroatoms. The standard InChI is InChI=1S/C9H7BrF2N4O2S/c10-4-1-5(11)8(6(12)2-4)16-19(17,18)7-3-14-15-9(7)13/h1-3,16H,(H3,13,14,15). The van der Waals surface area contributed by atoms with Crippen molar-refractivity contribution in [2.45, 2.75) is 4.90 Å². The fourth-order valence-corrected chi connectivity index (χ4v) is 2.83. The van der Waals surface area contributed by atoms with Crippen LogP contribution in [0.2, 0.25) is 0 Å². The van der Waals surface area contributed by atoms with E-state index in [4.69, 9.17) is 5.73 Å². The summed E-state index contributed by atoms with van der Waals surface area (Å²) in [7, 11) is -4.22. The Morgan fingerprint density at radius 3 is 2.37 bits per heavy atom. The molecular formula is C9H7BrF2N4O2S. The van der Waals surface area contributed by atoms with Gasteiger partial charge in [0.25, 0.3) is 10.0 Å². The van der Waals surface area contributed by atoms with E-state index in [1.807, 2.05) is 0 Å². The Kier molecular flexibility index (Phi) is 3.45. The smallest absolute Gasteiger partial charge is 0.267 e. The fraction of sp³-hybridized carbons (Fsp3) is 0. The number of benzene rings is 1. The molecule has 19 heavy (non-hydrogen) atoms. The SMILES string of the molecule is Nc1[nH]ncc1S(=O)(=O)Nc1c(F)cc(Br)cc1F. The highest BCUT2D eigenvalue weighted by molar-refractivity contribution is 9.10. The molecule has 0 aliphatic heterocycles. The zero-order valence-electron chi connectivity index (χ0n) is 9.12. The van der Waals surface area contributed by atoms with Crippen molar-refractivity contribution in [3.05, 3.63) is 34.4 Å². The maximum Gasteiger partial charge on any atom is 0.267 e. The third kappa shape index (κ3) is 2.68. The first-order valence-electron chi connectivity index (χ1n) is 4.77. The van der Waals surface area contributed by atoms with E-state index < -0.39 is 32.2 Å². The molecule has 0 aliphatic rings. The van der Waals surface area contributed by atoms with Gasteiger partial charge in [0, 0.05) is 4.47 Å². The molecule has 0 spiro atoms. The molecule has 0 amide bonds. The average molecular weight is 353 g/mol. The van der Waals surface area contributed by atoms with Gasteiger partial charge in [-0.2, -0.15) is 5.10 Å². The minimum absolute atomic E-state index is 0.147. The molecule has 1 aromatic heterocycles. The molecule has 4 N–H and O–H groups in total. The Labute approximate surface area is 115 Å². The highest BCUT2D eigenvalue weighted by Crippen LogP contribution is 2.27. The summed E-state index contributed by atoms with van der Waals surface area (Å²) in [6.07, 6.45) is 0.937. The second-order valence-electron chi connectivity index (χ2n) is 3.50. The van der Waals surface area contributed by atoms with Crippen LogP contribution < -0.4 is 10.5 Å². The van der Waals surface area contributed by atoms with Crippen LogP contribution in [0.4, 0.5) is 20.3 Å². The number of nitrogens with one attached hydrogen (secondary N) is 2. The van der Waals surface area contributed by atoms with Crippen molar-refractivity contribution in [1.82, 2.24) is 10.2 Å². The second kappa shape index (κ2) is 4.78. The number of nitrogens with zero attached hydrogens (tertiary/aromatic N) is 1. The molecule has 1 aromatic carbocycles. The molecule has 0 bridgehead atoms. The van der Waals surface area contributed by atoms with Gasteiger partial charge < -0.3 is 5.73 Å². The Morgan fingerprint density at radius 2 is 1.89 bits per heavy atom. The summed E-state index contributed by atoms with van der Waals surface area (Å²) in [6, 6.07) is 1.86. The van der Waals surface area contributed by atoms with Gasteiger partial charge >= 0.3 is 0 Å². The first kappa shape index (κ1) is 13.7. The van der Waals surface area contributed by atoms with Crippen molar-refractivity contribution in [2.24, 2.45) is 0 Å². The number of hydrogen-bond donors (Lipinski definition) is 3. The highest BCUT2D eigenvalue weighted by Gasteiger charge is 2.23. The van der Waals surface area contributed by atoms with Crippen molar-refractivity contribution in [2.75, 3.05) is 10.5 Å². The number of nitrogen functional groups attached to an aromatic ring is 1. The highest BCUT2D eigenvalue weighted by atomic mass is 79.9. The molecule has 0 saturated carbocycles. The molecule has 0 saturated heterocycles. The topological polar surface area (TPSA) is 101 Å². The number of hydrogen-bond acceptors (Lipinski definition) is 4. The summed E-state index contributed by atoms with van der Waals surface area (Å²) in [5.74, 6) is -2.35. The summed E-state index contributed by atoms with van der Waals surface area (Å²) in [5.41, 5.74) is 4.56. The van der Waals surface area contributed by atoms with Crippen molar-refractivity contribution >= 4 is 37.5 Å². The van der Waals surface area contributed by atoms with E-state index in [2.05, 4.69) is 26.1 Å². The van der Waals surface area contributed by atoms with Gasteiger partial charge in [-0.1, -0.05) is 15.9 Å². The Morgan fingerprint density at radius 1 is 1.32 bits per heavy atom. The molecule has 0 atom stereocenters. The van der Waals surface area contributed by atoms with E-state index in [1.54, 1.807) is 4.72 Å². The Bertz CT molecular complexity index is 709. The molecule has 0 unspecified atom stereocenters. The molecule has 0 radical (unpaired) electrons. The van der Waals surface area contributed by atoms with Gasteiger partial charge in [-0.3, -0.25) is 9.82 Å².